The molecule has 0 amide bonds. The molecule has 0 bridgehead atoms. The van der Waals surface area contributed by atoms with Gasteiger partial charge in [0.1, 0.15) is 0 Å². The molecule has 2 aromatic carbocycles. The Hall–Kier alpha value is -1.45. The van der Waals surface area contributed by atoms with E-state index in [1.807, 2.05) is 0 Å². The van der Waals surface area contributed by atoms with Crippen LogP contribution in [0.15, 0.2) is 48.5 Å². The van der Waals surface area contributed by atoms with E-state index in [1.54, 1.807) is 48.5 Å². The molecule has 0 N–H and O–H groups in total. The zero-order chi connectivity index (χ0) is 13.6. The van der Waals surface area contributed by atoms with Crippen molar-refractivity contribution in [1.82, 2.24) is 0 Å². The molecule has 0 heterocycles. The molecule has 1 aliphatic carbocycles. The fourth-order valence-corrected chi connectivity index (χ4v) is 3.11. The summed E-state index contributed by atoms with van der Waals surface area (Å²) in [6, 6.07) is 13.6. The van der Waals surface area contributed by atoms with E-state index in [0.29, 0.717) is 21.7 Å². The minimum absolute atomic E-state index is 0.226. The van der Waals surface area contributed by atoms with E-state index in [1.165, 1.54) is 0 Å². The van der Waals surface area contributed by atoms with Gasteiger partial charge in [-0.2, -0.15) is 0 Å². The molecule has 2 nitrogen and oxygen atoms in total. The van der Waals surface area contributed by atoms with Crippen LogP contribution in [0.5, 0.6) is 0 Å². The summed E-state index contributed by atoms with van der Waals surface area (Å²) >= 11 is 9.19. The summed E-state index contributed by atoms with van der Waals surface area (Å²) in [5, 5.41) is 0.565. The summed E-state index contributed by atoms with van der Waals surface area (Å²) in [6.45, 7) is 0. The molecule has 0 unspecified atom stereocenters. The third-order valence-electron chi connectivity index (χ3n) is 3.28. The highest BCUT2D eigenvalue weighted by atomic mass is 79.9. The minimum Gasteiger partial charge on any atom is -0.292 e. The minimum atomic E-state index is -1.32. The normalized spacial score (nSPS) is 16.5. The van der Waals surface area contributed by atoms with Gasteiger partial charge in [-0.1, -0.05) is 63.9 Å². The molecule has 0 atom stereocenters. The average Bonchev–Trinajstić information content (AvgIpc) is 2.63. The zero-order valence-electron chi connectivity index (χ0n) is 9.69. The Bertz CT molecular complexity index is 657. The Morgan fingerprint density at radius 1 is 0.842 bits per heavy atom. The van der Waals surface area contributed by atoms with Gasteiger partial charge in [0.25, 0.3) is 0 Å². The summed E-state index contributed by atoms with van der Waals surface area (Å²) in [7, 11) is 0. The molecule has 0 saturated carbocycles. The van der Waals surface area contributed by atoms with Crippen LogP contribution in [-0.4, -0.2) is 11.6 Å². The first-order chi connectivity index (χ1) is 9.05. The Morgan fingerprint density at radius 3 is 1.79 bits per heavy atom. The molecule has 0 saturated heterocycles. The molecule has 4 heteroatoms. The van der Waals surface area contributed by atoms with Crippen molar-refractivity contribution in [2.24, 2.45) is 0 Å². The molecule has 1 aliphatic rings. The molecule has 0 radical (unpaired) electrons. The van der Waals surface area contributed by atoms with Crippen LogP contribution < -0.4 is 0 Å². The first-order valence-electron chi connectivity index (χ1n) is 5.68. The Morgan fingerprint density at radius 2 is 1.32 bits per heavy atom. The predicted molar refractivity (Wildman–Crippen MR) is 77.2 cm³/mol. The lowest BCUT2D eigenvalue weighted by molar-refractivity contribution is 0.0871. The highest BCUT2D eigenvalue weighted by Crippen LogP contribution is 2.44. The van der Waals surface area contributed by atoms with Crippen LogP contribution >= 0.6 is 27.5 Å². The number of fused-ring (bicyclic) bond motifs is 1. The number of carbonyl (C=O) groups excluding carboxylic acids is 2. The maximum Gasteiger partial charge on any atom is 0.192 e. The van der Waals surface area contributed by atoms with E-state index in [-0.39, 0.29) is 11.6 Å². The van der Waals surface area contributed by atoms with Gasteiger partial charge >= 0.3 is 0 Å². The molecule has 0 aliphatic heterocycles. The largest absolute Gasteiger partial charge is 0.292 e. The first kappa shape index (κ1) is 12.6. The van der Waals surface area contributed by atoms with E-state index in [0.717, 1.165) is 0 Å². The molecular formula is C15H8BrClO2. The number of hydrogen-bond acceptors (Lipinski definition) is 2. The van der Waals surface area contributed by atoms with Crippen molar-refractivity contribution in [1.29, 1.82) is 0 Å². The second kappa shape index (κ2) is 4.29. The molecule has 0 spiro atoms. The van der Waals surface area contributed by atoms with E-state index in [9.17, 15) is 9.59 Å². The Labute approximate surface area is 123 Å². The quantitative estimate of drug-likeness (QED) is 0.583. The fraction of sp³-hybridized carbons (Fsp3) is 0.0667. The van der Waals surface area contributed by atoms with Gasteiger partial charge in [-0.25, -0.2) is 0 Å². The van der Waals surface area contributed by atoms with Crippen LogP contribution in [0, 0.1) is 0 Å². The number of hydrogen-bond donors (Lipinski definition) is 0. The number of alkyl halides is 1. The van der Waals surface area contributed by atoms with Crippen molar-refractivity contribution in [2.45, 2.75) is 4.32 Å². The summed E-state index contributed by atoms with van der Waals surface area (Å²) < 4.78 is -1.32. The average molecular weight is 336 g/mol. The summed E-state index contributed by atoms with van der Waals surface area (Å²) in [4.78, 5) is 25.0. The molecule has 0 aromatic heterocycles. The number of benzene rings is 2. The molecule has 19 heavy (non-hydrogen) atoms. The molecule has 0 fully saturated rings. The van der Waals surface area contributed by atoms with Gasteiger partial charge in [-0.3, -0.25) is 9.59 Å². The van der Waals surface area contributed by atoms with E-state index in [4.69, 9.17) is 11.6 Å². The molecule has 3 rings (SSSR count). The maximum absolute atomic E-state index is 12.5. The molecule has 2 aromatic rings. The van der Waals surface area contributed by atoms with Crippen LogP contribution in [0.1, 0.15) is 26.3 Å². The Kier molecular flexibility index (Phi) is 2.84. The Balaban J connectivity index is 2.19. The molecular weight excluding hydrogens is 328 g/mol. The number of ketones is 2. The second-order valence-corrected chi connectivity index (χ2v) is 6.00. The van der Waals surface area contributed by atoms with Crippen LogP contribution in [-0.2, 0) is 4.32 Å². The maximum atomic E-state index is 12.5. The van der Waals surface area contributed by atoms with Crippen molar-refractivity contribution in [3.63, 3.8) is 0 Å². The van der Waals surface area contributed by atoms with E-state index in [2.05, 4.69) is 15.9 Å². The lowest BCUT2D eigenvalue weighted by Gasteiger charge is -2.18. The van der Waals surface area contributed by atoms with Gasteiger partial charge < -0.3 is 0 Å². The van der Waals surface area contributed by atoms with Crippen LogP contribution in [0.3, 0.4) is 0 Å². The highest BCUT2D eigenvalue weighted by Gasteiger charge is 2.52. The molecule has 94 valence electrons. The number of Topliss-reactive ketones (excluding diaryl/α,β-unsaturated/α-hetero) is 2. The number of halogens is 2. The summed E-state index contributed by atoms with van der Waals surface area (Å²) in [5.41, 5.74) is 1.52. The van der Waals surface area contributed by atoms with Crippen molar-refractivity contribution < 1.29 is 9.59 Å². The van der Waals surface area contributed by atoms with Crippen LogP contribution in [0.25, 0.3) is 0 Å². The fourth-order valence-electron chi connectivity index (χ4n) is 2.30. The summed E-state index contributed by atoms with van der Waals surface area (Å²) in [6.07, 6.45) is 0. The first-order valence-corrected chi connectivity index (χ1v) is 6.86. The lowest BCUT2D eigenvalue weighted by Crippen LogP contribution is -2.31. The third kappa shape index (κ3) is 1.69. The lowest BCUT2D eigenvalue weighted by atomic mass is 9.94. The van der Waals surface area contributed by atoms with E-state index < -0.39 is 4.32 Å². The van der Waals surface area contributed by atoms with Gasteiger partial charge in [-0.05, 0) is 17.7 Å². The summed E-state index contributed by atoms with van der Waals surface area (Å²) in [5.74, 6) is -0.453. The third-order valence-corrected chi connectivity index (χ3v) is 4.71. The smallest absolute Gasteiger partial charge is 0.192 e. The number of rotatable bonds is 1. The van der Waals surface area contributed by atoms with Gasteiger partial charge in [0.05, 0.1) is 0 Å². The monoisotopic (exact) mass is 334 g/mol. The van der Waals surface area contributed by atoms with Crippen molar-refractivity contribution in [2.75, 3.05) is 0 Å². The second-order valence-electron chi connectivity index (χ2n) is 4.37. The zero-order valence-corrected chi connectivity index (χ0v) is 12.0. The number of carbonyl (C=O) groups is 2. The van der Waals surface area contributed by atoms with Gasteiger partial charge in [0.2, 0.25) is 0 Å². The SMILES string of the molecule is O=C1c2ccccc2C(=O)C1(Br)c1ccc(Cl)cc1. The predicted octanol–water partition coefficient (Wildman–Crippen LogP) is 4.01. The van der Waals surface area contributed by atoms with Gasteiger partial charge in [-0.15, -0.1) is 0 Å². The van der Waals surface area contributed by atoms with Crippen molar-refractivity contribution in [3.05, 3.63) is 70.2 Å². The van der Waals surface area contributed by atoms with Gasteiger partial charge in [0, 0.05) is 16.1 Å². The highest BCUT2D eigenvalue weighted by molar-refractivity contribution is 9.10. The van der Waals surface area contributed by atoms with Gasteiger partial charge in [0.15, 0.2) is 15.9 Å². The topological polar surface area (TPSA) is 34.1 Å². The standard InChI is InChI=1S/C15H8BrClO2/c16-15(9-5-7-10(17)8-6-9)13(18)11-3-1-2-4-12(11)14(15)19/h1-8H. The van der Waals surface area contributed by atoms with Crippen molar-refractivity contribution in [3.8, 4) is 0 Å². The van der Waals surface area contributed by atoms with Crippen molar-refractivity contribution >= 4 is 39.1 Å². The van der Waals surface area contributed by atoms with E-state index >= 15 is 0 Å². The van der Waals surface area contributed by atoms with Crippen LogP contribution in [0.4, 0.5) is 0 Å². The van der Waals surface area contributed by atoms with Crippen LogP contribution in [0.2, 0.25) is 5.02 Å².